The number of nitrogens with one attached hydrogen (secondary N) is 1. The lowest BCUT2D eigenvalue weighted by Gasteiger charge is -2.35. The Labute approximate surface area is 153 Å². The summed E-state index contributed by atoms with van der Waals surface area (Å²) < 4.78 is 5.78. The van der Waals surface area contributed by atoms with Gasteiger partial charge in [0.15, 0.2) is 0 Å². The lowest BCUT2D eigenvalue weighted by molar-refractivity contribution is -0.120. The van der Waals surface area contributed by atoms with Gasteiger partial charge in [0.25, 0.3) is 0 Å². The second-order valence-corrected chi connectivity index (χ2v) is 7.83. The van der Waals surface area contributed by atoms with E-state index in [2.05, 4.69) is 48.3 Å². The summed E-state index contributed by atoms with van der Waals surface area (Å²) >= 11 is 1.62. The molecule has 2 heterocycles. The largest absolute Gasteiger partial charge is 0.373 e. The van der Waals surface area contributed by atoms with E-state index in [1.807, 2.05) is 17.5 Å². The molecule has 0 saturated carbocycles. The Hall–Kier alpha value is -1.69. The van der Waals surface area contributed by atoms with Gasteiger partial charge in [0.2, 0.25) is 5.91 Å². The van der Waals surface area contributed by atoms with Crippen LogP contribution in [0.4, 0.5) is 0 Å². The molecule has 25 heavy (non-hydrogen) atoms. The van der Waals surface area contributed by atoms with Crippen LogP contribution in [-0.2, 0) is 29.0 Å². The Morgan fingerprint density at radius 1 is 1.16 bits per heavy atom. The first-order valence-electron chi connectivity index (χ1n) is 8.83. The standard InChI is InChI=1S/C20H26N2O2S/c1-15-12-22(13-16(2)24-15)14-18-7-5-17(6-8-18)11-21-20(23)10-19-4-3-9-25-19/h3-9,15-16H,10-14H2,1-2H3,(H,21,23). The highest BCUT2D eigenvalue weighted by Gasteiger charge is 2.21. The third-order valence-electron chi connectivity index (χ3n) is 4.33. The van der Waals surface area contributed by atoms with Gasteiger partial charge in [0, 0.05) is 31.1 Å². The van der Waals surface area contributed by atoms with Crippen molar-refractivity contribution in [1.82, 2.24) is 10.2 Å². The molecule has 1 aliphatic heterocycles. The van der Waals surface area contributed by atoms with Crippen LogP contribution in [0.15, 0.2) is 41.8 Å². The van der Waals surface area contributed by atoms with E-state index in [1.54, 1.807) is 11.3 Å². The van der Waals surface area contributed by atoms with E-state index in [-0.39, 0.29) is 5.91 Å². The van der Waals surface area contributed by atoms with Crippen molar-refractivity contribution < 1.29 is 9.53 Å². The first-order chi connectivity index (χ1) is 12.1. The van der Waals surface area contributed by atoms with Crippen LogP contribution >= 0.6 is 11.3 Å². The molecule has 2 unspecified atom stereocenters. The number of rotatable bonds is 6. The van der Waals surface area contributed by atoms with Gasteiger partial charge in [-0.3, -0.25) is 9.69 Å². The summed E-state index contributed by atoms with van der Waals surface area (Å²) in [5.41, 5.74) is 2.43. The number of hydrogen-bond donors (Lipinski definition) is 1. The molecule has 1 N–H and O–H groups in total. The molecule has 5 heteroatoms. The highest BCUT2D eigenvalue weighted by Crippen LogP contribution is 2.15. The first-order valence-corrected chi connectivity index (χ1v) is 9.71. The summed E-state index contributed by atoms with van der Waals surface area (Å²) in [6, 6.07) is 12.5. The number of amides is 1. The molecule has 0 aliphatic carbocycles. The van der Waals surface area contributed by atoms with Crippen molar-refractivity contribution in [2.45, 2.75) is 45.6 Å². The molecule has 2 aromatic rings. The molecule has 1 amide bonds. The van der Waals surface area contributed by atoms with Gasteiger partial charge in [-0.2, -0.15) is 0 Å². The summed E-state index contributed by atoms with van der Waals surface area (Å²) in [5.74, 6) is 0.0721. The van der Waals surface area contributed by atoms with Crippen molar-refractivity contribution in [2.24, 2.45) is 0 Å². The maximum Gasteiger partial charge on any atom is 0.225 e. The van der Waals surface area contributed by atoms with E-state index in [0.717, 1.165) is 30.1 Å². The fraction of sp³-hybridized carbons (Fsp3) is 0.450. The summed E-state index contributed by atoms with van der Waals surface area (Å²) in [7, 11) is 0. The van der Waals surface area contributed by atoms with Crippen LogP contribution in [0, 0.1) is 0 Å². The molecule has 0 spiro atoms. The van der Waals surface area contributed by atoms with Gasteiger partial charge < -0.3 is 10.1 Å². The van der Waals surface area contributed by atoms with E-state index < -0.39 is 0 Å². The summed E-state index contributed by atoms with van der Waals surface area (Å²) in [5, 5.41) is 4.99. The van der Waals surface area contributed by atoms with E-state index >= 15 is 0 Å². The molecule has 0 bridgehead atoms. The number of carbonyl (C=O) groups is 1. The van der Waals surface area contributed by atoms with Gasteiger partial charge in [-0.05, 0) is 36.4 Å². The Balaban J connectivity index is 1.46. The normalized spacial score (nSPS) is 21.2. The summed E-state index contributed by atoms with van der Waals surface area (Å²) in [6.07, 6.45) is 1.05. The molecule has 134 valence electrons. The van der Waals surface area contributed by atoms with Gasteiger partial charge in [0.1, 0.15) is 0 Å². The zero-order valence-corrected chi connectivity index (χ0v) is 15.7. The maximum atomic E-state index is 12.0. The lowest BCUT2D eigenvalue weighted by atomic mass is 10.1. The summed E-state index contributed by atoms with van der Waals surface area (Å²) in [4.78, 5) is 15.5. The van der Waals surface area contributed by atoms with Crippen LogP contribution in [0.1, 0.15) is 29.9 Å². The number of carbonyl (C=O) groups excluding carboxylic acids is 1. The molecule has 1 aromatic carbocycles. The molecule has 1 aromatic heterocycles. The minimum Gasteiger partial charge on any atom is -0.373 e. The van der Waals surface area contributed by atoms with Crippen molar-refractivity contribution in [3.8, 4) is 0 Å². The molecule has 1 saturated heterocycles. The van der Waals surface area contributed by atoms with E-state index in [4.69, 9.17) is 4.74 Å². The first kappa shape index (κ1) is 18.1. The quantitative estimate of drug-likeness (QED) is 0.862. The number of hydrogen-bond acceptors (Lipinski definition) is 4. The molecular formula is C20H26N2O2S. The van der Waals surface area contributed by atoms with Crippen LogP contribution in [0.2, 0.25) is 0 Å². The smallest absolute Gasteiger partial charge is 0.225 e. The van der Waals surface area contributed by atoms with Crippen molar-refractivity contribution in [1.29, 1.82) is 0 Å². The molecular weight excluding hydrogens is 332 g/mol. The zero-order chi connectivity index (χ0) is 17.6. The Kier molecular flexibility index (Phi) is 6.24. The average molecular weight is 359 g/mol. The van der Waals surface area contributed by atoms with Crippen LogP contribution in [0.3, 0.4) is 0 Å². The number of ether oxygens (including phenoxy) is 1. The van der Waals surface area contributed by atoms with Crippen LogP contribution in [0.5, 0.6) is 0 Å². The maximum absolute atomic E-state index is 12.0. The van der Waals surface area contributed by atoms with Crippen LogP contribution in [0.25, 0.3) is 0 Å². The average Bonchev–Trinajstić information content (AvgIpc) is 3.06. The van der Waals surface area contributed by atoms with Gasteiger partial charge in [-0.25, -0.2) is 0 Å². The lowest BCUT2D eigenvalue weighted by Crippen LogP contribution is -2.44. The number of morpholine rings is 1. The van der Waals surface area contributed by atoms with E-state index in [1.165, 1.54) is 5.56 Å². The molecule has 0 radical (unpaired) electrons. The van der Waals surface area contributed by atoms with Gasteiger partial charge >= 0.3 is 0 Å². The minimum atomic E-state index is 0.0721. The van der Waals surface area contributed by atoms with Gasteiger partial charge in [-0.15, -0.1) is 11.3 Å². The van der Waals surface area contributed by atoms with Crippen molar-refractivity contribution in [3.63, 3.8) is 0 Å². The van der Waals surface area contributed by atoms with Crippen molar-refractivity contribution >= 4 is 17.2 Å². The Bertz CT molecular complexity index is 660. The number of benzene rings is 1. The third kappa shape index (κ3) is 5.66. The van der Waals surface area contributed by atoms with Crippen molar-refractivity contribution in [3.05, 3.63) is 57.8 Å². The Morgan fingerprint density at radius 3 is 2.48 bits per heavy atom. The van der Waals surface area contributed by atoms with Crippen molar-refractivity contribution in [2.75, 3.05) is 13.1 Å². The predicted molar refractivity (Wildman–Crippen MR) is 102 cm³/mol. The monoisotopic (exact) mass is 358 g/mol. The highest BCUT2D eigenvalue weighted by molar-refractivity contribution is 7.10. The predicted octanol–water partition coefficient (Wildman–Crippen LogP) is 3.22. The second kappa shape index (κ2) is 8.61. The van der Waals surface area contributed by atoms with E-state index in [0.29, 0.717) is 25.2 Å². The molecule has 1 fully saturated rings. The Morgan fingerprint density at radius 2 is 1.84 bits per heavy atom. The minimum absolute atomic E-state index is 0.0721. The summed E-state index contributed by atoms with van der Waals surface area (Å²) in [6.45, 7) is 7.74. The van der Waals surface area contributed by atoms with Crippen LogP contribution in [-0.4, -0.2) is 36.1 Å². The van der Waals surface area contributed by atoms with E-state index in [9.17, 15) is 4.79 Å². The number of nitrogens with zero attached hydrogens (tertiary/aromatic N) is 1. The molecule has 3 rings (SSSR count). The highest BCUT2D eigenvalue weighted by atomic mass is 32.1. The van der Waals surface area contributed by atoms with Gasteiger partial charge in [-0.1, -0.05) is 30.3 Å². The second-order valence-electron chi connectivity index (χ2n) is 6.80. The van der Waals surface area contributed by atoms with Gasteiger partial charge in [0.05, 0.1) is 18.6 Å². The van der Waals surface area contributed by atoms with Crippen LogP contribution < -0.4 is 5.32 Å². The third-order valence-corrected chi connectivity index (χ3v) is 5.21. The fourth-order valence-electron chi connectivity index (χ4n) is 3.27. The topological polar surface area (TPSA) is 41.6 Å². The molecule has 1 aliphatic rings. The molecule has 2 atom stereocenters. The number of thiophene rings is 1. The SMILES string of the molecule is CC1CN(Cc2ccc(CNC(=O)Cc3cccs3)cc2)CC(C)O1. The zero-order valence-electron chi connectivity index (χ0n) is 14.9. The fourth-order valence-corrected chi connectivity index (χ4v) is 3.97. The molecule has 4 nitrogen and oxygen atoms in total.